The van der Waals surface area contributed by atoms with E-state index in [4.69, 9.17) is 4.74 Å². The molecule has 1 aromatic carbocycles. The van der Waals surface area contributed by atoms with Gasteiger partial charge < -0.3 is 9.64 Å². The first-order chi connectivity index (χ1) is 15.8. The average molecular weight is 471 g/mol. The van der Waals surface area contributed by atoms with Gasteiger partial charge in [-0.15, -0.1) is 0 Å². The predicted molar refractivity (Wildman–Crippen MR) is 126 cm³/mol. The fraction of sp³-hybridized carbons (Fsp3) is 0.583. The van der Waals surface area contributed by atoms with Gasteiger partial charge in [0.2, 0.25) is 15.9 Å². The highest BCUT2D eigenvalue weighted by Crippen LogP contribution is 2.48. The lowest BCUT2D eigenvalue weighted by atomic mass is 9.90. The number of benzene rings is 1. The molecule has 2 aliphatic heterocycles. The molecule has 0 radical (unpaired) electrons. The van der Waals surface area contributed by atoms with Crippen LogP contribution in [0.2, 0.25) is 0 Å². The van der Waals surface area contributed by atoms with E-state index in [2.05, 4.69) is 12.0 Å². The minimum Gasteiger partial charge on any atom is -0.489 e. The van der Waals surface area contributed by atoms with Crippen molar-refractivity contribution in [3.63, 3.8) is 0 Å². The van der Waals surface area contributed by atoms with Gasteiger partial charge in [-0.1, -0.05) is 0 Å². The van der Waals surface area contributed by atoms with Gasteiger partial charge in [-0.2, -0.15) is 5.10 Å². The molecule has 0 N–H and O–H groups in total. The minimum atomic E-state index is -3.41. The monoisotopic (exact) mass is 470 g/mol. The number of aromatic nitrogens is 2. The van der Waals surface area contributed by atoms with E-state index >= 15 is 0 Å². The molecule has 2 saturated carbocycles. The molecule has 6 rings (SSSR count). The molecular formula is C24H30N4O4S. The highest BCUT2D eigenvalue weighted by Gasteiger charge is 2.40. The van der Waals surface area contributed by atoms with Crippen LogP contribution in [0.15, 0.2) is 18.3 Å². The maximum atomic E-state index is 13.2. The summed E-state index contributed by atoms with van der Waals surface area (Å²) in [5.74, 6) is 1.77. The number of carbonyl (C=O) groups is 1. The zero-order chi connectivity index (χ0) is 22.9. The van der Waals surface area contributed by atoms with Crippen molar-refractivity contribution in [3.8, 4) is 16.9 Å². The summed E-state index contributed by atoms with van der Waals surface area (Å²) in [6.45, 7) is 3.05. The van der Waals surface area contributed by atoms with Crippen LogP contribution in [0, 0.1) is 5.92 Å². The highest BCUT2D eigenvalue weighted by molar-refractivity contribution is 7.92. The third kappa shape index (κ3) is 3.43. The number of rotatable bonds is 5. The number of carbonyl (C=O) groups excluding carboxylic acids is 1. The van der Waals surface area contributed by atoms with Crippen LogP contribution in [0.3, 0.4) is 0 Å². The van der Waals surface area contributed by atoms with Gasteiger partial charge in [0.05, 0.1) is 37.3 Å². The quantitative estimate of drug-likeness (QED) is 0.669. The van der Waals surface area contributed by atoms with Crippen molar-refractivity contribution in [2.45, 2.75) is 70.6 Å². The number of hydrogen-bond acceptors (Lipinski definition) is 5. The van der Waals surface area contributed by atoms with Crippen molar-refractivity contribution in [3.05, 3.63) is 23.9 Å². The second-order valence-electron chi connectivity index (χ2n) is 9.92. The molecule has 2 aromatic rings. The van der Waals surface area contributed by atoms with Crippen LogP contribution in [-0.2, 0) is 27.8 Å². The Bertz CT molecular complexity index is 1230. The SMILES string of the molecule is C[C@H]1CCc2c(ccc(-c3cnn4c3N(S(C)(=O)=O)CC4)c2OC2CCC2)N1C(=O)C1CC1. The second kappa shape index (κ2) is 7.48. The van der Waals surface area contributed by atoms with Crippen LogP contribution in [0.25, 0.3) is 11.1 Å². The first-order valence-electron chi connectivity index (χ1n) is 12.0. The zero-order valence-corrected chi connectivity index (χ0v) is 20.0. The summed E-state index contributed by atoms with van der Waals surface area (Å²) in [7, 11) is -3.41. The second-order valence-corrected chi connectivity index (χ2v) is 11.8. The third-order valence-electron chi connectivity index (χ3n) is 7.50. The van der Waals surface area contributed by atoms with Gasteiger partial charge in [0.25, 0.3) is 0 Å². The molecule has 176 valence electrons. The van der Waals surface area contributed by atoms with E-state index in [1.54, 1.807) is 10.9 Å². The highest BCUT2D eigenvalue weighted by atomic mass is 32.2. The molecule has 33 heavy (non-hydrogen) atoms. The van der Waals surface area contributed by atoms with E-state index in [0.29, 0.717) is 18.9 Å². The van der Waals surface area contributed by atoms with E-state index in [9.17, 15) is 13.2 Å². The van der Waals surface area contributed by atoms with E-state index in [1.807, 2.05) is 17.0 Å². The van der Waals surface area contributed by atoms with Crippen molar-refractivity contribution in [1.82, 2.24) is 9.78 Å². The molecule has 0 saturated heterocycles. The average Bonchev–Trinajstić information content (AvgIpc) is 3.37. The standard InChI is InChI=1S/C24H30N4O4S/c1-15-6-9-19-21(28(15)24(29)16-7-8-16)11-10-18(22(19)32-17-4-3-5-17)20-14-25-26-12-13-27(23(20)26)33(2,30)31/h10-11,14-17H,3-9,12-13H2,1-2H3/t15-/m0/s1. The molecule has 1 aromatic heterocycles. The van der Waals surface area contributed by atoms with E-state index in [1.165, 1.54) is 10.6 Å². The zero-order valence-electron chi connectivity index (χ0n) is 19.2. The summed E-state index contributed by atoms with van der Waals surface area (Å²) in [4.78, 5) is 15.1. The Morgan fingerprint density at radius 3 is 2.55 bits per heavy atom. The van der Waals surface area contributed by atoms with Crippen molar-refractivity contribution < 1.29 is 17.9 Å². The molecular weight excluding hydrogens is 440 g/mol. The molecule has 1 atom stereocenters. The Kier molecular flexibility index (Phi) is 4.76. The van der Waals surface area contributed by atoms with Gasteiger partial charge in [0.15, 0.2) is 0 Å². The molecule has 1 amide bonds. The topological polar surface area (TPSA) is 84.7 Å². The first kappa shape index (κ1) is 21.0. The summed E-state index contributed by atoms with van der Waals surface area (Å²) >= 11 is 0. The van der Waals surface area contributed by atoms with Gasteiger partial charge >= 0.3 is 0 Å². The number of ether oxygens (including phenoxy) is 1. The van der Waals surface area contributed by atoms with E-state index in [0.717, 1.165) is 73.1 Å². The molecule has 8 nitrogen and oxygen atoms in total. The molecule has 3 heterocycles. The smallest absolute Gasteiger partial charge is 0.233 e. The molecule has 9 heteroatoms. The Morgan fingerprint density at radius 2 is 1.88 bits per heavy atom. The predicted octanol–water partition coefficient (Wildman–Crippen LogP) is 3.34. The molecule has 0 bridgehead atoms. The number of sulfonamides is 1. The number of hydrogen-bond donors (Lipinski definition) is 0. The molecule has 0 spiro atoms. The largest absolute Gasteiger partial charge is 0.489 e. The normalized spacial score (nSPS) is 22.7. The van der Waals surface area contributed by atoms with Gasteiger partial charge in [0, 0.05) is 28.7 Å². The van der Waals surface area contributed by atoms with Gasteiger partial charge in [0.1, 0.15) is 11.6 Å². The van der Waals surface area contributed by atoms with Crippen LogP contribution >= 0.6 is 0 Å². The molecule has 2 fully saturated rings. The summed E-state index contributed by atoms with van der Waals surface area (Å²) in [5, 5.41) is 4.48. The van der Waals surface area contributed by atoms with Crippen LogP contribution in [0.4, 0.5) is 11.5 Å². The van der Waals surface area contributed by atoms with Crippen molar-refractivity contribution in [2.75, 3.05) is 22.0 Å². The Balaban J connectivity index is 1.50. The van der Waals surface area contributed by atoms with Crippen LogP contribution in [0.5, 0.6) is 5.75 Å². The lowest BCUT2D eigenvalue weighted by Gasteiger charge is -2.38. The molecule has 4 aliphatic rings. The fourth-order valence-electron chi connectivity index (χ4n) is 5.28. The first-order valence-corrected chi connectivity index (χ1v) is 13.9. The minimum absolute atomic E-state index is 0.149. The summed E-state index contributed by atoms with van der Waals surface area (Å²) < 4.78 is 34.7. The number of amides is 1. The van der Waals surface area contributed by atoms with Crippen molar-refractivity contribution in [2.24, 2.45) is 5.92 Å². The lowest BCUT2D eigenvalue weighted by molar-refractivity contribution is -0.120. The fourth-order valence-corrected chi connectivity index (χ4v) is 6.20. The lowest BCUT2D eigenvalue weighted by Crippen LogP contribution is -2.43. The van der Waals surface area contributed by atoms with Gasteiger partial charge in [-0.25, -0.2) is 13.1 Å². The number of anilines is 2. The number of nitrogens with zero attached hydrogens (tertiary/aromatic N) is 4. The maximum Gasteiger partial charge on any atom is 0.233 e. The van der Waals surface area contributed by atoms with Crippen LogP contribution in [0.1, 0.15) is 51.0 Å². The van der Waals surface area contributed by atoms with E-state index < -0.39 is 10.0 Å². The Hall–Kier alpha value is -2.55. The Morgan fingerprint density at radius 1 is 1.09 bits per heavy atom. The maximum absolute atomic E-state index is 13.2. The summed E-state index contributed by atoms with van der Waals surface area (Å²) in [5.41, 5.74) is 3.66. The van der Waals surface area contributed by atoms with Crippen molar-refractivity contribution in [1.29, 1.82) is 0 Å². The van der Waals surface area contributed by atoms with E-state index in [-0.39, 0.29) is 24.0 Å². The summed E-state index contributed by atoms with van der Waals surface area (Å²) in [6, 6.07) is 4.18. The van der Waals surface area contributed by atoms with Crippen molar-refractivity contribution >= 4 is 27.4 Å². The Labute approximate surface area is 194 Å². The number of fused-ring (bicyclic) bond motifs is 2. The van der Waals surface area contributed by atoms with Gasteiger partial charge in [-0.05, 0) is 64.0 Å². The molecule has 2 aliphatic carbocycles. The summed E-state index contributed by atoms with van der Waals surface area (Å²) in [6.07, 6.45) is 10.0. The van der Waals surface area contributed by atoms with Crippen LogP contribution in [-0.4, -0.2) is 49.1 Å². The third-order valence-corrected chi connectivity index (χ3v) is 8.66. The van der Waals surface area contributed by atoms with Crippen LogP contribution < -0.4 is 13.9 Å². The molecule has 0 unspecified atom stereocenters. The van der Waals surface area contributed by atoms with Gasteiger partial charge in [-0.3, -0.25) is 9.10 Å².